The van der Waals surface area contributed by atoms with Crippen LogP contribution in [-0.2, 0) is 9.59 Å². The standard InChI is InChI=1S/C16H18Cl2N4O3/c17-11-2-1-10(7-12(11)18)22-15(24)13(20-16(22)25)3-4-14(23)21-6-5-9(19)8-21/h1-2,7,9,13H,3-6,8,19H2,(H,20,25)/t9-,13+/m0/s1. The molecule has 3 rings (SSSR count). The van der Waals surface area contributed by atoms with Gasteiger partial charge in [0.2, 0.25) is 5.91 Å². The Bertz CT molecular complexity index is 727. The van der Waals surface area contributed by atoms with E-state index in [0.29, 0.717) is 23.8 Å². The molecule has 2 heterocycles. The number of amides is 4. The van der Waals surface area contributed by atoms with Crippen LogP contribution in [0.3, 0.4) is 0 Å². The first-order valence-corrected chi connectivity index (χ1v) is 8.75. The summed E-state index contributed by atoms with van der Waals surface area (Å²) in [7, 11) is 0. The van der Waals surface area contributed by atoms with Gasteiger partial charge in [-0.3, -0.25) is 9.59 Å². The zero-order chi connectivity index (χ0) is 18.1. The molecule has 2 aliphatic rings. The van der Waals surface area contributed by atoms with Crippen LogP contribution in [0.25, 0.3) is 0 Å². The number of hydrogen-bond donors (Lipinski definition) is 2. The molecular weight excluding hydrogens is 367 g/mol. The number of likely N-dealkylation sites (tertiary alicyclic amines) is 1. The van der Waals surface area contributed by atoms with Gasteiger partial charge in [0.05, 0.1) is 15.7 Å². The van der Waals surface area contributed by atoms with Crippen LogP contribution in [-0.4, -0.2) is 47.9 Å². The van der Waals surface area contributed by atoms with Crippen LogP contribution in [0, 0.1) is 0 Å². The van der Waals surface area contributed by atoms with Gasteiger partial charge in [0.25, 0.3) is 5.91 Å². The third-order valence-electron chi connectivity index (χ3n) is 4.40. The number of rotatable bonds is 4. The molecule has 25 heavy (non-hydrogen) atoms. The normalized spacial score (nSPS) is 23.3. The largest absolute Gasteiger partial charge is 0.341 e. The molecule has 7 nitrogen and oxygen atoms in total. The van der Waals surface area contributed by atoms with Crippen molar-refractivity contribution in [2.45, 2.75) is 31.3 Å². The molecule has 4 amide bonds. The minimum Gasteiger partial charge on any atom is -0.341 e. The van der Waals surface area contributed by atoms with Crippen molar-refractivity contribution in [2.24, 2.45) is 5.73 Å². The number of nitrogens with two attached hydrogens (primary N) is 1. The van der Waals surface area contributed by atoms with Crippen molar-refractivity contribution >= 4 is 46.7 Å². The predicted molar refractivity (Wildman–Crippen MR) is 94.7 cm³/mol. The van der Waals surface area contributed by atoms with Crippen LogP contribution in [0.1, 0.15) is 19.3 Å². The van der Waals surface area contributed by atoms with Gasteiger partial charge < -0.3 is 16.0 Å². The third-order valence-corrected chi connectivity index (χ3v) is 5.14. The molecule has 3 N–H and O–H groups in total. The van der Waals surface area contributed by atoms with Gasteiger partial charge in [0, 0.05) is 25.6 Å². The van der Waals surface area contributed by atoms with E-state index >= 15 is 0 Å². The van der Waals surface area contributed by atoms with Crippen LogP contribution in [0.15, 0.2) is 18.2 Å². The first-order valence-electron chi connectivity index (χ1n) is 7.99. The molecule has 2 aliphatic heterocycles. The van der Waals surface area contributed by atoms with E-state index in [1.165, 1.54) is 12.1 Å². The van der Waals surface area contributed by atoms with Crippen molar-refractivity contribution in [3.63, 3.8) is 0 Å². The number of carbonyl (C=O) groups excluding carboxylic acids is 3. The summed E-state index contributed by atoms with van der Waals surface area (Å²) in [6.45, 7) is 1.18. The van der Waals surface area contributed by atoms with Crippen LogP contribution >= 0.6 is 23.2 Å². The number of imide groups is 1. The van der Waals surface area contributed by atoms with Crippen LogP contribution in [0.2, 0.25) is 10.0 Å². The highest BCUT2D eigenvalue weighted by Crippen LogP contribution is 2.29. The fraction of sp³-hybridized carbons (Fsp3) is 0.438. The molecular formula is C16H18Cl2N4O3. The van der Waals surface area contributed by atoms with Gasteiger partial charge >= 0.3 is 6.03 Å². The lowest BCUT2D eigenvalue weighted by Gasteiger charge is -2.17. The Kier molecular flexibility index (Phi) is 5.17. The van der Waals surface area contributed by atoms with Crippen molar-refractivity contribution in [3.05, 3.63) is 28.2 Å². The fourth-order valence-electron chi connectivity index (χ4n) is 3.04. The molecule has 9 heteroatoms. The molecule has 2 atom stereocenters. The highest BCUT2D eigenvalue weighted by atomic mass is 35.5. The number of benzene rings is 1. The van der Waals surface area contributed by atoms with Gasteiger partial charge in [-0.2, -0.15) is 0 Å². The molecule has 2 saturated heterocycles. The molecule has 0 spiro atoms. The Morgan fingerprint density at radius 3 is 2.68 bits per heavy atom. The van der Waals surface area contributed by atoms with Gasteiger partial charge in [-0.05, 0) is 31.0 Å². The zero-order valence-electron chi connectivity index (χ0n) is 13.4. The van der Waals surface area contributed by atoms with Crippen molar-refractivity contribution in [1.82, 2.24) is 10.2 Å². The van der Waals surface area contributed by atoms with E-state index in [2.05, 4.69) is 5.32 Å². The molecule has 0 unspecified atom stereocenters. The van der Waals surface area contributed by atoms with E-state index in [1.807, 2.05) is 0 Å². The summed E-state index contributed by atoms with van der Waals surface area (Å²) in [5.41, 5.74) is 6.14. The first kappa shape index (κ1) is 18.0. The molecule has 2 fully saturated rings. The van der Waals surface area contributed by atoms with E-state index in [9.17, 15) is 14.4 Å². The Labute approximate surface area is 155 Å². The lowest BCUT2D eigenvalue weighted by Crippen LogP contribution is -2.35. The van der Waals surface area contributed by atoms with Gasteiger partial charge in [-0.25, -0.2) is 9.69 Å². The van der Waals surface area contributed by atoms with E-state index in [4.69, 9.17) is 28.9 Å². The number of halogens is 2. The maximum atomic E-state index is 12.5. The van der Waals surface area contributed by atoms with Gasteiger partial charge in [-0.15, -0.1) is 0 Å². The second kappa shape index (κ2) is 7.19. The molecule has 0 aliphatic carbocycles. The van der Waals surface area contributed by atoms with Crippen molar-refractivity contribution in [3.8, 4) is 0 Å². The van der Waals surface area contributed by atoms with Crippen molar-refractivity contribution < 1.29 is 14.4 Å². The summed E-state index contributed by atoms with van der Waals surface area (Å²) in [5, 5.41) is 3.20. The molecule has 134 valence electrons. The maximum absolute atomic E-state index is 12.5. The quantitative estimate of drug-likeness (QED) is 0.772. The van der Waals surface area contributed by atoms with Gasteiger partial charge in [0.1, 0.15) is 6.04 Å². The summed E-state index contributed by atoms with van der Waals surface area (Å²) in [4.78, 5) is 39.5. The minimum atomic E-state index is -0.734. The van der Waals surface area contributed by atoms with Crippen LogP contribution < -0.4 is 16.0 Å². The first-order chi connectivity index (χ1) is 11.9. The topological polar surface area (TPSA) is 95.7 Å². The summed E-state index contributed by atoms with van der Waals surface area (Å²) in [5.74, 6) is -0.461. The number of urea groups is 1. The van der Waals surface area contributed by atoms with Crippen LogP contribution in [0.5, 0.6) is 0 Å². The second-order valence-electron chi connectivity index (χ2n) is 6.20. The average molecular weight is 385 g/mol. The van der Waals surface area contributed by atoms with Crippen molar-refractivity contribution in [1.29, 1.82) is 0 Å². The molecule has 1 aromatic rings. The lowest BCUT2D eigenvalue weighted by molar-refractivity contribution is -0.130. The zero-order valence-corrected chi connectivity index (χ0v) is 14.9. The average Bonchev–Trinajstić information content (AvgIpc) is 3.12. The Morgan fingerprint density at radius 1 is 1.28 bits per heavy atom. The number of nitrogens with zero attached hydrogens (tertiary/aromatic N) is 2. The second-order valence-corrected chi connectivity index (χ2v) is 7.02. The number of carbonyl (C=O) groups is 3. The van der Waals surface area contributed by atoms with Gasteiger partial charge in [0.15, 0.2) is 0 Å². The molecule has 0 radical (unpaired) electrons. The SMILES string of the molecule is N[C@H]1CCN(C(=O)CC[C@H]2NC(=O)N(c3ccc(Cl)c(Cl)c3)C2=O)C1. The van der Waals surface area contributed by atoms with Crippen molar-refractivity contribution in [2.75, 3.05) is 18.0 Å². The Balaban J connectivity index is 1.63. The van der Waals surface area contributed by atoms with E-state index < -0.39 is 18.0 Å². The van der Waals surface area contributed by atoms with Crippen LogP contribution in [0.4, 0.5) is 10.5 Å². The minimum absolute atomic E-state index is 0.0157. The smallest absolute Gasteiger partial charge is 0.329 e. The van der Waals surface area contributed by atoms with E-state index in [1.54, 1.807) is 11.0 Å². The van der Waals surface area contributed by atoms with E-state index in [-0.39, 0.29) is 29.8 Å². The van der Waals surface area contributed by atoms with Gasteiger partial charge in [-0.1, -0.05) is 23.2 Å². The lowest BCUT2D eigenvalue weighted by atomic mass is 10.1. The molecule has 0 bridgehead atoms. The maximum Gasteiger partial charge on any atom is 0.329 e. The fourth-order valence-corrected chi connectivity index (χ4v) is 3.33. The molecule has 0 saturated carbocycles. The predicted octanol–water partition coefficient (Wildman–Crippen LogP) is 1.76. The summed E-state index contributed by atoms with van der Waals surface area (Å²) >= 11 is 11.8. The molecule has 1 aromatic carbocycles. The Morgan fingerprint density at radius 2 is 2.04 bits per heavy atom. The number of hydrogen-bond acceptors (Lipinski definition) is 4. The number of anilines is 1. The monoisotopic (exact) mass is 384 g/mol. The number of nitrogens with one attached hydrogen (secondary N) is 1. The highest BCUT2D eigenvalue weighted by Gasteiger charge is 2.39. The summed E-state index contributed by atoms with van der Waals surface area (Å²) < 4.78 is 0. The summed E-state index contributed by atoms with van der Waals surface area (Å²) in [6.07, 6.45) is 1.21. The van der Waals surface area contributed by atoms with E-state index in [0.717, 1.165) is 11.3 Å². The highest BCUT2D eigenvalue weighted by molar-refractivity contribution is 6.42. The Hall–Kier alpha value is -1.83. The summed E-state index contributed by atoms with van der Waals surface area (Å²) in [6, 6.07) is 3.27. The third kappa shape index (κ3) is 3.73. The molecule has 0 aromatic heterocycles.